The summed E-state index contributed by atoms with van der Waals surface area (Å²) in [5, 5.41) is 11.3. The Kier molecular flexibility index (Phi) is 3.55. The summed E-state index contributed by atoms with van der Waals surface area (Å²) in [4.78, 5) is 10.4. The number of nitrogens with two attached hydrogens (primary N) is 1. The lowest BCUT2D eigenvalue weighted by Crippen LogP contribution is -2.27. The van der Waals surface area contributed by atoms with Crippen LogP contribution < -0.4 is 5.73 Å². The highest BCUT2D eigenvalue weighted by atomic mass is 35.5. The van der Waals surface area contributed by atoms with Crippen molar-refractivity contribution in [2.24, 2.45) is 11.1 Å². The molecule has 88 valence electrons. The molecule has 0 aliphatic heterocycles. The molecule has 4 nitrogen and oxygen atoms in total. The number of rotatable bonds is 2. The quantitative estimate of drug-likeness (QED) is 0.639. The molecule has 0 bridgehead atoms. The van der Waals surface area contributed by atoms with Crippen molar-refractivity contribution >= 4 is 17.3 Å². The molecule has 1 rings (SSSR count). The van der Waals surface area contributed by atoms with Crippen molar-refractivity contribution in [3.8, 4) is 0 Å². The number of nitrogens with zero attached hydrogens (tertiary/aromatic N) is 1. The fourth-order valence-electron chi connectivity index (χ4n) is 1.41. The van der Waals surface area contributed by atoms with Crippen molar-refractivity contribution in [1.29, 1.82) is 0 Å². The Balaban J connectivity index is 3.30. The first-order valence-electron chi connectivity index (χ1n) is 4.93. The predicted octanol–water partition coefficient (Wildman–Crippen LogP) is 3.29. The average Bonchev–Trinajstić information content (AvgIpc) is 2.14. The van der Waals surface area contributed by atoms with E-state index in [2.05, 4.69) is 0 Å². The molecule has 0 unspecified atom stereocenters. The lowest BCUT2D eigenvalue weighted by molar-refractivity contribution is -0.385. The van der Waals surface area contributed by atoms with E-state index in [0.29, 0.717) is 10.6 Å². The first kappa shape index (κ1) is 12.9. The van der Waals surface area contributed by atoms with Crippen LogP contribution in [0.25, 0.3) is 0 Å². The zero-order valence-corrected chi connectivity index (χ0v) is 10.3. The highest BCUT2D eigenvalue weighted by Gasteiger charge is 2.28. The van der Waals surface area contributed by atoms with Gasteiger partial charge in [0.05, 0.1) is 4.92 Å². The van der Waals surface area contributed by atoms with E-state index in [9.17, 15) is 10.1 Å². The van der Waals surface area contributed by atoms with Crippen molar-refractivity contribution in [1.82, 2.24) is 0 Å². The molecule has 16 heavy (non-hydrogen) atoms. The number of nitro groups is 1. The SMILES string of the molecule is CC(C)(C)[C@@H](N)c1cc(Cl)ccc1[N+](=O)[O-]. The summed E-state index contributed by atoms with van der Waals surface area (Å²) < 4.78 is 0. The molecule has 1 aromatic rings. The lowest BCUT2D eigenvalue weighted by Gasteiger charge is -2.27. The monoisotopic (exact) mass is 242 g/mol. The van der Waals surface area contributed by atoms with E-state index in [4.69, 9.17) is 17.3 Å². The van der Waals surface area contributed by atoms with Crippen molar-refractivity contribution in [3.05, 3.63) is 38.9 Å². The Morgan fingerprint density at radius 3 is 2.44 bits per heavy atom. The molecule has 0 amide bonds. The zero-order valence-electron chi connectivity index (χ0n) is 9.53. The third-order valence-corrected chi connectivity index (χ3v) is 2.69. The first-order valence-corrected chi connectivity index (χ1v) is 5.30. The molecule has 0 spiro atoms. The Morgan fingerprint density at radius 2 is 2.00 bits per heavy atom. The maximum Gasteiger partial charge on any atom is 0.274 e. The summed E-state index contributed by atoms with van der Waals surface area (Å²) in [6.45, 7) is 5.80. The van der Waals surface area contributed by atoms with Crippen LogP contribution in [0.15, 0.2) is 18.2 Å². The molecule has 0 saturated carbocycles. The molecular formula is C11H15ClN2O2. The van der Waals surface area contributed by atoms with Gasteiger partial charge in [-0.1, -0.05) is 32.4 Å². The molecule has 5 heteroatoms. The van der Waals surface area contributed by atoms with Crippen molar-refractivity contribution in [2.45, 2.75) is 26.8 Å². The molecule has 0 saturated heterocycles. The maximum absolute atomic E-state index is 10.9. The van der Waals surface area contributed by atoms with Gasteiger partial charge in [0.15, 0.2) is 0 Å². The van der Waals surface area contributed by atoms with E-state index in [-0.39, 0.29) is 11.1 Å². The molecule has 0 heterocycles. The molecule has 1 atom stereocenters. The van der Waals surface area contributed by atoms with E-state index < -0.39 is 11.0 Å². The molecule has 0 fully saturated rings. The number of nitro benzene ring substituents is 1. The predicted molar refractivity (Wildman–Crippen MR) is 64.5 cm³/mol. The number of benzene rings is 1. The Hall–Kier alpha value is -1.13. The Morgan fingerprint density at radius 1 is 1.44 bits per heavy atom. The molecule has 2 N–H and O–H groups in total. The van der Waals surface area contributed by atoms with Crippen LogP contribution in [0, 0.1) is 15.5 Å². The van der Waals surface area contributed by atoms with Gasteiger partial charge in [0.1, 0.15) is 0 Å². The van der Waals surface area contributed by atoms with Gasteiger partial charge in [-0.15, -0.1) is 0 Å². The van der Waals surface area contributed by atoms with Gasteiger partial charge in [-0.3, -0.25) is 10.1 Å². The van der Waals surface area contributed by atoms with Gasteiger partial charge in [0.2, 0.25) is 0 Å². The van der Waals surface area contributed by atoms with E-state index >= 15 is 0 Å². The van der Waals surface area contributed by atoms with Gasteiger partial charge >= 0.3 is 0 Å². The van der Waals surface area contributed by atoms with Crippen LogP contribution in [0.1, 0.15) is 32.4 Å². The molecule has 0 aromatic heterocycles. The summed E-state index contributed by atoms with van der Waals surface area (Å²) in [6.07, 6.45) is 0. The van der Waals surface area contributed by atoms with Crippen molar-refractivity contribution in [2.75, 3.05) is 0 Å². The van der Waals surface area contributed by atoms with E-state index in [1.54, 1.807) is 6.07 Å². The van der Waals surface area contributed by atoms with Crippen LogP contribution in [0.4, 0.5) is 5.69 Å². The second-order valence-electron chi connectivity index (χ2n) is 4.80. The smallest absolute Gasteiger partial charge is 0.274 e. The highest BCUT2D eigenvalue weighted by molar-refractivity contribution is 6.30. The summed E-state index contributed by atoms with van der Waals surface area (Å²) in [5.41, 5.74) is 6.26. The summed E-state index contributed by atoms with van der Waals surface area (Å²) in [6, 6.07) is 4.03. The van der Waals surface area contributed by atoms with Gasteiger partial charge in [-0.2, -0.15) is 0 Å². The molecule has 0 aliphatic rings. The Bertz CT molecular complexity index is 413. The van der Waals surface area contributed by atoms with E-state index in [1.807, 2.05) is 20.8 Å². The maximum atomic E-state index is 10.9. The zero-order chi connectivity index (χ0) is 12.5. The average molecular weight is 243 g/mol. The van der Waals surface area contributed by atoms with Crippen molar-refractivity contribution in [3.63, 3.8) is 0 Å². The summed E-state index contributed by atoms with van der Waals surface area (Å²) in [5.74, 6) is 0. The molecule has 1 aromatic carbocycles. The standard InChI is InChI=1S/C11H15ClN2O2/c1-11(2,3)10(13)8-6-7(12)4-5-9(8)14(15)16/h4-6,10H,13H2,1-3H3/t10-/m0/s1. The highest BCUT2D eigenvalue weighted by Crippen LogP contribution is 2.36. The number of halogens is 1. The number of hydrogen-bond donors (Lipinski definition) is 1. The van der Waals surface area contributed by atoms with Gasteiger partial charge in [0.25, 0.3) is 5.69 Å². The van der Waals surface area contributed by atoms with E-state index in [0.717, 1.165) is 0 Å². The van der Waals surface area contributed by atoms with Crippen LogP contribution in [-0.4, -0.2) is 4.92 Å². The second kappa shape index (κ2) is 4.39. The normalized spacial score (nSPS) is 13.6. The van der Waals surface area contributed by atoms with Crippen LogP contribution in [0.5, 0.6) is 0 Å². The third-order valence-electron chi connectivity index (χ3n) is 2.45. The minimum Gasteiger partial charge on any atom is -0.323 e. The minimum absolute atomic E-state index is 0.0202. The number of hydrogen-bond acceptors (Lipinski definition) is 3. The largest absolute Gasteiger partial charge is 0.323 e. The minimum atomic E-state index is -0.433. The van der Waals surface area contributed by atoms with Gasteiger partial charge in [-0.25, -0.2) is 0 Å². The third kappa shape index (κ3) is 2.71. The molecular weight excluding hydrogens is 228 g/mol. The summed E-state index contributed by atoms with van der Waals surface area (Å²) >= 11 is 5.84. The van der Waals surface area contributed by atoms with Crippen LogP contribution in [-0.2, 0) is 0 Å². The summed E-state index contributed by atoms with van der Waals surface area (Å²) in [7, 11) is 0. The fourth-order valence-corrected chi connectivity index (χ4v) is 1.59. The molecule has 0 radical (unpaired) electrons. The van der Waals surface area contributed by atoms with E-state index in [1.165, 1.54) is 12.1 Å². The van der Waals surface area contributed by atoms with Crippen LogP contribution in [0.3, 0.4) is 0 Å². The topological polar surface area (TPSA) is 69.2 Å². The Labute approximate surface area is 99.6 Å². The van der Waals surface area contributed by atoms with Crippen LogP contribution in [0.2, 0.25) is 5.02 Å². The first-order chi connectivity index (χ1) is 7.23. The van der Waals surface area contributed by atoms with Crippen molar-refractivity contribution < 1.29 is 4.92 Å². The lowest BCUT2D eigenvalue weighted by atomic mass is 9.82. The fraction of sp³-hybridized carbons (Fsp3) is 0.455. The van der Waals surface area contributed by atoms with Gasteiger partial charge in [0, 0.05) is 22.7 Å². The van der Waals surface area contributed by atoms with Crippen LogP contribution >= 0.6 is 11.6 Å². The molecule has 0 aliphatic carbocycles. The second-order valence-corrected chi connectivity index (χ2v) is 5.24. The van der Waals surface area contributed by atoms with Gasteiger partial charge in [-0.05, 0) is 17.5 Å². The van der Waals surface area contributed by atoms with Gasteiger partial charge < -0.3 is 5.73 Å².